The van der Waals surface area contributed by atoms with E-state index >= 15 is 0 Å². The molecule has 0 aliphatic heterocycles. The van der Waals surface area contributed by atoms with Crippen molar-refractivity contribution in [2.45, 2.75) is 22.9 Å². The van der Waals surface area contributed by atoms with Gasteiger partial charge in [0, 0.05) is 36.4 Å². The van der Waals surface area contributed by atoms with Crippen LogP contribution in [0, 0.1) is 20.2 Å². The number of benzene rings is 2. The molecule has 2 aromatic heterocycles. The maximum absolute atomic E-state index is 11.9. The second-order valence-corrected chi connectivity index (χ2v) is 8.17. The zero-order chi connectivity index (χ0) is 23.2. The molecule has 0 aliphatic carbocycles. The Morgan fingerprint density at radius 1 is 0.636 bits per heavy atom. The van der Waals surface area contributed by atoms with Crippen LogP contribution in [0.15, 0.2) is 95.2 Å². The van der Waals surface area contributed by atoms with Crippen LogP contribution in [-0.2, 0) is 12.8 Å². The molecule has 0 bridgehead atoms. The maximum atomic E-state index is 11.9. The Bertz CT molecular complexity index is 1200. The van der Waals surface area contributed by atoms with Gasteiger partial charge in [0.2, 0.25) is 0 Å². The largest absolute Gasteiger partial charge is 0.305 e. The average Bonchev–Trinajstić information content (AvgIpc) is 2.80. The highest BCUT2D eigenvalue weighted by atomic mass is 32.2. The SMILES string of the molecule is O=[N+]([O-])c1c(Cc2ccccc2)ccnc1Sc1nccc(Cc2ccccc2)c1[N+](=O)[O-]. The van der Waals surface area contributed by atoms with Gasteiger partial charge in [0.25, 0.3) is 0 Å². The van der Waals surface area contributed by atoms with Gasteiger partial charge in [-0.2, -0.15) is 0 Å². The van der Waals surface area contributed by atoms with Crippen LogP contribution in [0.25, 0.3) is 0 Å². The van der Waals surface area contributed by atoms with E-state index in [4.69, 9.17) is 0 Å². The Labute approximate surface area is 193 Å². The minimum Gasteiger partial charge on any atom is -0.258 e. The van der Waals surface area contributed by atoms with Crippen LogP contribution in [0.4, 0.5) is 11.4 Å². The molecule has 33 heavy (non-hydrogen) atoms. The van der Waals surface area contributed by atoms with Crippen molar-refractivity contribution in [3.8, 4) is 0 Å². The van der Waals surface area contributed by atoms with E-state index in [1.807, 2.05) is 60.7 Å². The van der Waals surface area contributed by atoms with E-state index in [-0.39, 0.29) is 21.4 Å². The lowest BCUT2D eigenvalue weighted by atomic mass is 10.1. The Morgan fingerprint density at radius 2 is 1.03 bits per heavy atom. The van der Waals surface area contributed by atoms with Crippen molar-refractivity contribution >= 4 is 23.1 Å². The molecule has 8 nitrogen and oxygen atoms in total. The molecule has 164 valence electrons. The number of nitro groups is 2. The highest BCUT2D eigenvalue weighted by Gasteiger charge is 2.27. The van der Waals surface area contributed by atoms with Gasteiger partial charge in [0.1, 0.15) is 0 Å². The summed E-state index contributed by atoms with van der Waals surface area (Å²) < 4.78 is 0. The molecule has 0 saturated heterocycles. The first-order chi connectivity index (χ1) is 16.0. The van der Waals surface area contributed by atoms with Crippen LogP contribution < -0.4 is 0 Å². The van der Waals surface area contributed by atoms with Gasteiger partial charge in [-0.05, 0) is 35.0 Å². The first-order valence-electron chi connectivity index (χ1n) is 10.0. The quantitative estimate of drug-likeness (QED) is 0.248. The predicted octanol–water partition coefficient (Wildman–Crippen LogP) is 5.63. The molecule has 0 atom stereocenters. The van der Waals surface area contributed by atoms with E-state index in [2.05, 4.69) is 9.97 Å². The van der Waals surface area contributed by atoms with E-state index in [0.717, 1.165) is 22.9 Å². The van der Waals surface area contributed by atoms with Gasteiger partial charge in [0.15, 0.2) is 10.1 Å². The fourth-order valence-electron chi connectivity index (χ4n) is 3.49. The van der Waals surface area contributed by atoms with Crippen molar-refractivity contribution < 1.29 is 9.85 Å². The zero-order valence-electron chi connectivity index (χ0n) is 17.3. The summed E-state index contributed by atoms with van der Waals surface area (Å²) in [4.78, 5) is 31.3. The molecule has 0 unspecified atom stereocenters. The van der Waals surface area contributed by atoms with Crippen LogP contribution in [-0.4, -0.2) is 19.8 Å². The van der Waals surface area contributed by atoms with Gasteiger partial charge in [-0.15, -0.1) is 0 Å². The van der Waals surface area contributed by atoms with E-state index in [0.29, 0.717) is 24.0 Å². The van der Waals surface area contributed by atoms with Gasteiger partial charge in [0.05, 0.1) is 9.85 Å². The minimum atomic E-state index is -0.493. The summed E-state index contributed by atoms with van der Waals surface area (Å²) in [6.07, 6.45) is 3.65. The van der Waals surface area contributed by atoms with Gasteiger partial charge in [-0.1, -0.05) is 60.7 Å². The standard InChI is InChI=1S/C24H18N4O4S/c29-27(30)21-19(15-17-7-3-1-4-8-17)11-13-25-23(21)33-24-22(28(31)32)20(12-14-26-24)16-18-9-5-2-6-10-18/h1-14H,15-16H2. The topological polar surface area (TPSA) is 112 Å². The number of rotatable bonds is 8. The summed E-state index contributed by atoms with van der Waals surface area (Å²) >= 11 is 0.841. The van der Waals surface area contributed by atoms with Gasteiger partial charge in [-0.25, -0.2) is 9.97 Å². The average molecular weight is 458 g/mol. The number of aromatic nitrogens is 2. The van der Waals surface area contributed by atoms with Crippen molar-refractivity contribution in [1.29, 1.82) is 0 Å². The first kappa shape index (κ1) is 22.1. The fourth-order valence-corrected chi connectivity index (χ4v) is 4.51. The third-order valence-corrected chi connectivity index (χ3v) is 5.97. The van der Waals surface area contributed by atoms with E-state index in [1.54, 1.807) is 12.1 Å². The van der Waals surface area contributed by atoms with E-state index in [9.17, 15) is 20.2 Å². The Balaban J connectivity index is 1.73. The molecular formula is C24H18N4O4S. The summed E-state index contributed by atoms with van der Waals surface area (Å²) in [5.74, 6) is 0. The molecule has 2 heterocycles. The summed E-state index contributed by atoms with van der Waals surface area (Å²) in [5, 5.41) is 24.0. The smallest absolute Gasteiger partial charge is 0.258 e. The molecule has 4 rings (SSSR count). The normalized spacial score (nSPS) is 10.7. The van der Waals surface area contributed by atoms with Crippen molar-refractivity contribution in [1.82, 2.24) is 9.97 Å². The third-order valence-electron chi connectivity index (χ3n) is 4.98. The van der Waals surface area contributed by atoms with Crippen molar-refractivity contribution in [2.24, 2.45) is 0 Å². The van der Waals surface area contributed by atoms with Crippen LogP contribution >= 0.6 is 11.8 Å². The fraction of sp³-hybridized carbons (Fsp3) is 0.0833. The van der Waals surface area contributed by atoms with Crippen molar-refractivity contribution in [3.05, 3.63) is 128 Å². The predicted molar refractivity (Wildman–Crippen MR) is 124 cm³/mol. The van der Waals surface area contributed by atoms with Crippen molar-refractivity contribution in [2.75, 3.05) is 0 Å². The van der Waals surface area contributed by atoms with Gasteiger partial charge in [-0.3, -0.25) is 20.2 Å². The molecule has 0 N–H and O–H groups in total. The second-order valence-electron chi connectivity index (χ2n) is 7.19. The molecule has 4 aromatic rings. The highest BCUT2D eigenvalue weighted by molar-refractivity contribution is 7.99. The molecule has 9 heteroatoms. The number of hydrogen-bond acceptors (Lipinski definition) is 7. The molecule has 2 aromatic carbocycles. The molecule has 0 fully saturated rings. The Morgan fingerprint density at radius 3 is 1.39 bits per heavy atom. The summed E-state index contributed by atoms with van der Waals surface area (Å²) in [7, 11) is 0. The highest BCUT2D eigenvalue weighted by Crippen LogP contribution is 2.40. The zero-order valence-corrected chi connectivity index (χ0v) is 18.1. The van der Waals surface area contributed by atoms with Crippen LogP contribution in [0.2, 0.25) is 0 Å². The van der Waals surface area contributed by atoms with Crippen LogP contribution in [0.5, 0.6) is 0 Å². The Kier molecular flexibility index (Phi) is 6.70. The van der Waals surface area contributed by atoms with Crippen molar-refractivity contribution in [3.63, 3.8) is 0 Å². The summed E-state index contributed by atoms with van der Waals surface area (Å²) in [6, 6.07) is 21.9. The molecular weight excluding hydrogens is 440 g/mol. The monoisotopic (exact) mass is 458 g/mol. The van der Waals surface area contributed by atoms with Gasteiger partial charge >= 0.3 is 11.4 Å². The maximum Gasteiger partial charge on any atom is 0.305 e. The van der Waals surface area contributed by atoms with Crippen LogP contribution in [0.1, 0.15) is 22.3 Å². The number of pyridine rings is 2. The lowest BCUT2D eigenvalue weighted by Gasteiger charge is -2.09. The number of hydrogen-bond donors (Lipinski definition) is 0. The molecule has 0 radical (unpaired) electrons. The number of nitrogens with zero attached hydrogens (tertiary/aromatic N) is 4. The molecule has 0 aliphatic rings. The van der Waals surface area contributed by atoms with E-state index < -0.39 is 9.85 Å². The first-order valence-corrected chi connectivity index (χ1v) is 10.8. The lowest BCUT2D eigenvalue weighted by Crippen LogP contribution is -2.03. The summed E-state index contributed by atoms with van der Waals surface area (Å²) in [5.41, 5.74) is 2.44. The third kappa shape index (κ3) is 5.21. The van der Waals surface area contributed by atoms with Gasteiger partial charge < -0.3 is 0 Å². The summed E-state index contributed by atoms with van der Waals surface area (Å²) in [6.45, 7) is 0. The molecule has 0 saturated carbocycles. The Hall–Kier alpha value is -4.11. The molecule has 0 spiro atoms. The van der Waals surface area contributed by atoms with Crippen LogP contribution in [0.3, 0.4) is 0 Å². The lowest BCUT2D eigenvalue weighted by molar-refractivity contribution is -0.389. The second kappa shape index (κ2) is 10.0. The minimum absolute atomic E-state index is 0.0703. The molecule has 0 amide bonds. The van der Waals surface area contributed by atoms with E-state index in [1.165, 1.54) is 12.4 Å².